The van der Waals surface area contributed by atoms with Crippen molar-refractivity contribution in [1.82, 2.24) is 24.9 Å². The fourth-order valence-corrected chi connectivity index (χ4v) is 6.60. The van der Waals surface area contributed by atoms with Crippen molar-refractivity contribution in [2.45, 2.75) is 63.5 Å². The van der Waals surface area contributed by atoms with Crippen LogP contribution in [0.25, 0.3) is 0 Å². The van der Waals surface area contributed by atoms with Crippen LogP contribution in [-0.4, -0.2) is 88.3 Å². The molecule has 4 aliphatic heterocycles. The number of aldehydes is 1. The third kappa shape index (κ3) is 5.07. The van der Waals surface area contributed by atoms with Gasteiger partial charge in [-0.2, -0.15) is 5.10 Å². The molecule has 0 spiro atoms. The highest BCUT2D eigenvalue weighted by molar-refractivity contribution is 6.23. The molecule has 5 heterocycles. The third-order valence-electron chi connectivity index (χ3n) is 9.13. The molecule has 0 radical (unpaired) electrons. The number of nitrogens with zero attached hydrogens (tertiary/aromatic N) is 5. The summed E-state index contributed by atoms with van der Waals surface area (Å²) in [4.78, 5) is 67.3. The van der Waals surface area contributed by atoms with E-state index in [9.17, 15) is 24.0 Å². The smallest absolute Gasteiger partial charge is 0.262 e. The van der Waals surface area contributed by atoms with Gasteiger partial charge in [0, 0.05) is 37.9 Å². The predicted octanol–water partition coefficient (Wildman–Crippen LogP) is 1.92. The predicted molar refractivity (Wildman–Crippen MR) is 149 cm³/mol. The summed E-state index contributed by atoms with van der Waals surface area (Å²) >= 11 is 0. The number of hydrogen-bond acceptors (Lipinski definition) is 8. The Kier molecular flexibility index (Phi) is 7.01. The van der Waals surface area contributed by atoms with E-state index >= 15 is 0 Å². The van der Waals surface area contributed by atoms with Crippen molar-refractivity contribution in [1.29, 1.82) is 0 Å². The van der Waals surface area contributed by atoms with Gasteiger partial charge in [0.25, 0.3) is 11.8 Å². The molecule has 1 aromatic heterocycles. The van der Waals surface area contributed by atoms with Crippen molar-refractivity contribution in [3.63, 3.8) is 0 Å². The summed E-state index contributed by atoms with van der Waals surface area (Å²) in [7, 11) is 0. The van der Waals surface area contributed by atoms with E-state index in [0.717, 1.165) is 68.9 Å². The number of likely N-dealkylation sites (tertiary alicyclic amines) is 1. The van der Waals surface area contributed by atoms with E-state index in [4.69, 9.17) is 0 Å². The first-order valence-electron chi connectivity index (χ1n) is 14.5. The SMILES string of the molecule is CC(C)(C=O)n1cc(C2CCN(CC3CCN(c4ccc5c(c4)C(=O)N(C4CCC(=O)NC4=O)C5=O)C3)CC2)cn1. The maximum Gasteiger partial charge on any atom is 0.262 e. The van der Waals surface area contributed by atoms with Gasteiger partial charge in [-0.15, -0.1) is 0 Å². The number of hydrogen-bond donors (Lipinski definition) is 1. The molecule has 0 bridgehead atoms. The molecule has 11 heteroatoms. The second-order valence-electron chi connectivity index (χ2n) is 12.3. The Balaban J connectivity index is 1.04. The summed E-state index contributed by atoms with van der Waals surface area (Å²) in [5, 5.41) is 6.67. The van der Waals surface area contributed by atoms with Crippen LogP contribution in [0.5, 0.6) is 0 Å². The number of rotatable bonds is 7. The molecule has 3 fully saturated rings. The van der Waals surface area contributed by atoms with Gasteiger partial charge in [0.05, 0.1) is 17.3 Å². The lowest BCUT2D eigenvalue weighted by molar-refractivity contribution is -0.136. The minimum atomic E-state index is -0.955. The average molecular weight is 561 g/mol. The fourth-order valence-electron chi connectivity index (χ4n) is 6.60. The number of carbonyl (C=O) groups is 5. The third-order valence-corrected chi connectivity index (χ3v) is 9.13. The molecule has 1 aromatic carbocycles. The van der Waals surface area contributed by atoms with E-state index in [1.54, 1.807) is 16.8 Å². The van der Waals surface area contributed by atoms with Gasteiger partial charge in [-0.1, -0.05) is 0 Å². The number of amides is 4. The van der Waals surface area contributed by atoms with Gasteiger partial charge in [0.2, 0.25) is 11.8 Å². The van der Waals surface area contributed by atoms with E-state index in [-0.39, 0.29) is 18.7 Å². The minimum Gasteiger partial charge on any atom is -0.371 e. The van der Waals surface area contributed by atoms with Crippen LogP contribution in [0.1, 0.15) is 78.1 Å². The lowest BCUT2D eigenvalue weighted by Crippen LogP contribution is -2.54. The number of carbonyl (C=O) groups excluding carboxylic acids is 5. The molecule has 11 nitrogen and oxygen atoms in total. The van der Waals surface area contributed by atoms with Crippen LogP contribution in [0.15, 0.2) is 30.6 Å². The summed E-state index contributed by atoms with van der Waals surface area (Å²) in [5.41, 5.74) is 2.10. The lowest BCUT2D eigenvalue weighted by Gasteiger charge is -2.33. The highest BCUT2D eigenvalue weighted by Crippen LogP contribution is 2.34. The first-order chi connectivity index (χ1) is 19.6. The van der Waals surface area contributed by atoms with Gasteiger partial charge in [-0.3, -0.25) is 34.1 Å². The Bertz CT molecular complexity index is 1410. The van der Waals surface area contributed by atoms with Crippen molar-refractivity contribution in [2.24, 2.45) is 5.92 Å². The second-order valence-corrected chi connectivity index (χ2v) is 12.3. The van der Waals surface area contributed by atoms with Gasteiger partial charge in [-0.25, -0.2) is 0 Å². The fraction of sp³-hybridized carbons (Fsp3) is 0.533. The maximum atomic E-state index is 13.2. The largest absolute Gasteiger partial charge is 0.371 e. The summed E-state index contributed by atoms with van der Waals surface area (Å²) in [6.07, 6.45) is 8.28. The monoisotopic (exact) mass is 560 g/mol. The molecule has 6 rings (SSSR count). The Morgan fingerprint density at radius 3 is 2.49 bits per heavy atom. The zero-order chi connectivity index (χ0) is 28.9. The highest BCUT2D eigenvalue weighted by Gasteiger charge is 2.45. The normalized spacial score (nSPS) is 24.2. The standard InChI is InChI=1S/C30H36N6O5/c1-30(2,18-37)35-17-21(14-31-35)20-8-10-33(11-9-20)15-19-7-12-34(16-19)22-3-4-23-24(13-22)29(41)36(28(23)40)25-5-6-26(38)32-27(25)39/h3-4,13-14,17-20,25H,5-12,15-16H2,1-2H3,(H,32,38,39). The summed E-state index contributed by atoms with van der Waals surface area (Å²) < 4.78 is 1.75. The first kappa shape index (κ1) is 27.3. The molecular weight excluding hydrogens is 524 g/mol. The van der Waals surface area contributed by atoms with Crippen molar-refractivity contribution in [3.05, 3.63) is 47.3 Å². The number of aromatic nitrogens is 2. The summed E-state index contributed by atoms with van der Waals surface area (Å²) in [6.45, 7) is 8.55. The Labute approximate surface area is 238 Å². The van der Waals surface area contributed by atoms with Crippen molar-refractivity contribution in [3.8, 4) is 0 Å². The molecule has 0 saturated carbocycles. The van der Waals surface area contributed by atoms with E-state index in [1.165, 1.54) is 5.56 Å². The van der Waals surface area contributed by atoms with Gasteiger partial charge < -0.3 is 14.6 Å². The number of piperidine rings is 2. The van der Waals surface area contributed by atoms with Gasteiger partial charge in [0.15, 0.2) is 0 Å². The number of nitrogens with one attached hydrogen (secondary N) is 1. The van der Waals surface area contributed by atoms with Gasteiger partial charge >= 0.3 is 0 Å². The molecule has 4 aliphatic rings. The number of fused-ring (bicyclic) bond motifs is 1. The number of imide groups is 2. The molecule has 4 amide bonds. The second kappa shape index (κ2) is 10.5. The Morgan fingerprint density at radius 2 is 1.76 bits per heavy atom. The minimum absolute atomic E-state index is 0.104. The first-order valence-corrected chi connectivity index (χ1v) is 14.5. The average Bonchev–Trinajstić information content (AvgIpc) is 3.70. The van der Waals surface area contributed by atoms with Crippen LogP contribution in [0.2, 0.25) is 0 Å². The van der Waals surface area contributed by atoms with Crippen LogP contribution >= 0.6 is 0 Å². The molecule has 41 heavy (non-hydrogen) atoms. The van der Waals surface area contributed by atoms with Crippen molar-refractivity contribution < 1.29 is 24.0 Å². The molecule has 216 valence electrons. The topological polar surface area (TPSA) is 125 Å². The molecule has 2 aromatic rings. The van der Waals surface area contributed by atoms with Crippen LogP contribution in [0, 0.1) is 5.92 Å². The molecule has 0 aliphatic carbocycles. The lowest BCUT2D eigenvalue weighted by atomic mass is 9.91. The van der Waals surface area contributed by atoms with Crippen LogP contribution in [-0.2, 0) is 19.9 Å². The summed E-state index contributed by atoms with van der Waals surface area (Å²) in [5.74, 6) is -0.972. The zero-order valence-electron chi connectivity index (χ0n) is 23.5. The van der Waals surface area contributed by atoms with Crippen LogP contribution < -0.4 is 10.2 Å². The maximum absolute atomic E-state index is 13.2. The zero-order valence-corrected chi connectivity index (χ0v) is 23.5. The molecule has 1 N–H and O–H groups in total. The summed E-state index contributed by atoms with van der Waals surface area (Å²) in [6, 6.07) is 4.40. The molecule has 2 unspecified atom stereocenters. The quantitative estimate of drug-likeness (QED) is 0.402. The van der Waals surface area contributed by atoms with E-state index in [1.807, 2.05) is 32.3 Å². The number of benzene rings is 1. The molecule has 3 saturated heterocycles. The number of anilines is 1. The Morgan fingerprint density at radius 1 is 1.00 bits per heavy atom. The Hall–Kier alpha value is -3.86. The van der Waals surface area contributed by atoms with Crippen LogP contribution in [0.3, 0.4) is 0 Å². The van der Waals surface area contributed by atoms with E-state index < -0.39 is 29.3 Å². The highest BCUT2D eigenvalue weighted by atomic mass is 16.2. The van der Waals surface area contributed by atoms with E-state index in [0.29, 0.717) is 23.0 Å². The van der Waals surface area contributed by atoms with Crippen LogP contribution in [0.4, 0.5) is 5.69 Å². The van der Waals surface area contributed by atoms with Gasteiger partial charge in [-0.05, 0) is 88.2 Å². The van der Waals surface area contributed by atoms with Gasteiger partial charge in [0.1, 0.15) is 17.9 Å². The molecule has 2 atom stereocenters. The van der Waals surface area contributed by atoms with Crippen molar-refractivity contribution >= 4 is 35.6 Å². The molecular formula is C30H36N6O5. The van der Waals surface area contributed by atoms with Crippen molar-refractivity contribution in [2.75, 3.05) is 37.6 Å². The van der Waals surface area contributed by atoms with E-state index in [2.05, 4.69) is 20.2 Å².